The molecule has 0 bridgehead atoms. The highest BCUT2D eigenvalue weighted by atomic mass is 19.1. The number of carbonyl (C=O) groups excluding carboxylic acids is 1. The van der Waals surface area contributed by atoms with Gasteiger partial charge in [0.1, 0.15) is 11.5 Å². The highest BCUT2D eigenvalue weighted by Gasteiger charge is 2.29. The fraction of sp³-hybridized carbons (Fsp3) is 0.226. The molecule has 5 heterocycles. The van der Waals surface area contributed by atoms with Crippen LogP contribution in [0.25, 0.3) is 55.8 Å². The molecule has 6 aromatic rings. The molecule has 11 nitrogen and oxygen atoms in total. The lowest BCUT2D eigenvalue weighted by Gasteiger charge is -2.12. The molecule has 1 saturated carbocycles. The van der Waals surface area contributed by atoms with Crippen molar-refractivity contribution in [3.63, 3.8) is 0 Å². The van der Waals surface area contributed by atoms with Crippen molar-refractivity contribution >= 4 is 39.2 Å². The van der Waals surface area contributed by atoms with Crippen LogP contribution in [0.4, 0.5) is 15.8 Å². The number of hydrogen-bond acceptors (Lipinski definition) is 8. The van der Waals surface area contributed by atoms with Gasteiger partial charge >= 0.3 is 0 Å². The van der Waals surface area contributed by atoms with Crippen LogP contribution in [-0.2, 0) is 4.79 Å². The number of amides is 1. The van der Waals surface area contributed by atoms with Gasteiger partial charge in [0.2, 0.25) is 5.91 Å². The Morgan fingerprint density at radius 3 is 2.65 bits per heavy atom. The van der Waals surface area contributed by atoms with E-state index in [-0.39, 0.29) is 17.6 Å². The summed E-state index contributed by atoms with van der Waals surface area (Å²) in [7, 11) is 3.98. The number of benzene rings is 1. The number of aromatic amines is 2. The monoisotopic (exact) mass is 576 g/mol. The minimum Gasteiger partial charge on any atom is -0.384 e. The maximum atomic E-state index is 14.7. The molecule has 1 fully saturated rings. The van der Waals surface area contributed by atoms with Crippen molar-refractivity contribution in [2.24, 2.45) is 5.92 Å². The third-order valence-electron chi connectivity index (χ3n) is 7.41. The molecule has 1 aliphatic rings. The van der Waals surface area contributed by atoms with Crippen molar-refractivity contribution in [3.8, 4) is 33.9 Å². The smallest absolute Gasteiger partial charge is 0.227 e. The summed E-state index contributed by atoms with van der Waals surface area (Å²) in [4.78, 5) is 35.8. The van der Waals surface area contributed by atoms with E-state index in [0.717, 1.165) is 35.9 Å². The van der Waals surface area contributed by atoms with Crippen molar-refractivity contribution in [1.29, 1.82) is 0 Å². The summed E-state index contributed by atoms with van der Waals surface area (Å²) < 4.78 is 14.7. The Labute approximate surface area is 246 Å². The Bertz CT molecular complexity index is 1980. The van der Waals surface area contributed by atoms with Gasteiger partial charge in [-0.1, -0.05) is 0 Å². The molecule has 4 N–H and O–H groups in total. The second-order valence-electron chi connectivity index (χ2n) is 11.0. The van der Waals surface area contributed by atoms with Crippen LogP contribution in [0.1, 0.15) is 12.8 Å². The lowest BCUT2D eigenvalue weighted by atomic mass is 10.1. The molecule has 0 spiro atoms. The summed E-state index contributed by atoms with van der Waals surface area (Å²) in [5, 5.41) is 14.6. The molecule has 43 heavy (non-hydrogen) atoms. The minimum absolute atomic E-state index is 0.0216. The second kappa shape index (κ2) is 10.9. The number of nitrogens with zero attached hydrogens (tertiary/aromatic N) is 6. The van der Waals surface area contributed by atoms with Gasteiger partial charge in [-0.25, -0.2) is 9.37 Å². The number of pyridine rings is 3. The molecular formula is C31H29FN10O. The average molecular weight is 577 g/mol. The number of fused-ring (bicyclic) bond motifs is 2. The molecule has 0 atom stereocenters. The van der Waals surface area contributed by atoms with Gasteiger partial charge in [0, 0.05) is 53.6 Å². The van der Waals surface area contributed by atoms with Crippen LogP contribution in [0.15, 0.2) is 61.3 Å². The molecule has 7 rings (SSSR count). The highest BCUT2D eigenvalue weighted by Crippen LogP contribution is 2.34. The summed E-state index contributed by atoms with van der Waals surface area (Å²) in [6.07, 6.45) is 10.3. The van der Waals surface area contributed by atoms with Gasteiger partial charge in [-0.2, -0.15) is 5.10 Å². The molecule has 0 aliphatic heterocycles. The van der Waals surface area contributed by atoms with Gasteiger partial charge in [0.15, 0.2) is 5.82 Å². The number of hydrogen-bond donors (Lipinski definition) is 4. The average Bonchev–Trinajstić information content (AvgIpc) is 3.62. The van der Waals surface area contributed by atoms with Gasteiger partial charge in [-0.3, -0.25) is 24.8 Å². The largest absolute Gasteiger partial charge is 0.384 e. The van der Waals surface area contributed by atoms with Gasteiger partial charge in [-0.05, 0) is 62.8 Å². The van der Waals surface area contributed by atoms with Crippen LogP contribution in [0.2, 0.25) is 0 Å². The lowest BCUT2D eigenvalue weighted by molar-refractivity contribution is -0.117. The zero-order valence-corrected chi connectivity index (χ0v) is 23.6. The minimum atomic E-state index is -0.346. The molecule has 0 saturated heterocycles. The third-order valence-corrected chi connectivity index (χ3v) is 7.41. The van der Waals surface area contributed by atoms with E-state index >= 15 is 0 Å². The second-order valence-corrected chi connectivity index (χ2v) is 11.0. The first-order valence-electron chi connectivity index (χ1n) is 14.1. The summed E-state index contributed by atoms with van der Waals surface area (Å²) in [6, 6.07) is 8.65. The lowest BCUT2D eigenvalue weighted by Crippen LogP contribution is -2.20. The number of rotatable bonds is 9. The zero-order chi connectivity index (χ0) is 29.5. The molecule has 216 valence electrons. The normalized spacial score (nSPS) is 13.2. The Balaban J connectivity index is 1.23. The number of halogens is 1. The third kappa shape index (κ3) is 5.52. The molecule has 5 aromatic heterocycles. The van der Waals surface area contributed by atoms with E-state index in [2.05, 4.69) is 45.7 Å². The fourth-order valence-electron chi connectivity index (χ4n) is 5.02. The summed E-state index contributed by atoms with van der Waals surface area (Å²) in [5.74, 6) is 0.311. The first kappa shape index (κ1) is 26.7. The van der Waals surface area contributed by atoms with Crippen LogP contribution in [-0.4, -0.2) is 73.1 Å². The number of aromatic nitrogens is 7. The Hall–Kier alpha value is -5.23. The molecular weight excluding hydrogens is 547 g/mol. The fourth-order valence-corrected chi connectivity index (χ4v) is 5.02. The van der Waals surface area contributed by atoms with E-state index in [1.54, 1.807) is 31.0 Å². The van der Waals surface area contributed by atoms with Crippen LogP contribution in [0.5, 0.6) is 0 Å². The highest BCUT2D eigenvalue weighted by molar-refractivity contribution is 5.98. The quantitative estimate of drug-likeness (QED) is 0.187. The van der Waals surface area contributed by atoms with E-state index in [1.807, 2.05) is 32.3 Å². The van der Waals surface area contributed by atoms with Crippen molar-refractivity contribution in [1.82, 2.24) is 40.0 Å². The first-order valence-corrected chi connectivity index (χ1v) is 14.1. The Morgan fingerprint density at radius 1 is 0.977 bits per heavy atom. The Kier molecular flexibility index (Phi) is 6.74. The van der Waals surface area contributed by atoms with E-state index in [9.17, 15) is 9.18 Å². The van der Waals surface area contributed by atoms with E-state index in [4.69, 9.17) is 4.98 Å². The maximum Gasteiger partial charge on any atom is 0.227 e. The summed E-state index contributed by atoms with van der Waals surface area (Å²) >= 11 is 0. The first-order chi connectivity index (χ1) is 20.9. The number of nitrogens with one attached hydrogen (secondary N) is 4. The van der Waals surface area contributed by atoms with E-state index in [0.29, 0.717) is 57.3 Å². The zero-order valence-electron chi connectivity index (χ0n) is 23.6. The van der Waals surface area contributed by atoms with Crippen LogP contribution in [0, 0.1) is 11.7 Å². The number of carbonyl (C=O) groups is 1. The molecule has 0 radical (unpaired) electrons. The standard InChI is InChI=1S/C31H29FN10O/c1-42(2)6-5-35-21-8-18(7-20(32)10-21)24-14-34-15-27-28(24)39-30(38-27)29-23-11-25(36-16-26(23)40-41-29)19-9-22(13-33-12-19)37-31(43)17-3-4-17/h7-17,35H,3-6H2,1-2H3,(H,37,43)(H,38,39)(H,40,41). The van der Waals surface area contributed by atoms with Gasteiger partial charge in [-0.15, -0.1) is 0 Å². The number of imidazole rings is 1. The molecule has 1 aromatic carbocycles. The SMILES string of the molecule is CN(C)CCNc1cc(F)cc(-c2cncc3[nH]c(-c4n[nH]c5cnc(-c6cncc(NC(=O)C7CC7)c6)cc45)nc23)c1. The summed E-state index contributed by atoms with van der Waals surface area (Å²) in [5.41, 5.74) is 6.84. The number of likely N-dealkylation sites (N-methyl/N-ethyl adjacent to an activating group) is 1. The molecule has 0 unspecified atom stereocenters. The molecule has 12 heteroatoms. The van der Waals surface area contributed by atoms with Crippen molar-refractivity contribution in [2.45, 2.75) is 12.8 Å². The van der Waals surface area contributed by atoms with Crippen molar-refractivity contribution < 1.29 is 9.18 Å². The van der Waals surface area contributed by atoms with Gasteiger partial charge in [0.25, 0.3) is 0 Å². The van der Waals surface area contributed by atoms with Gasteiger partial charge < -0.3 is 20.5 Å². The van der Waals surface area contributed by atoms with Crippen LogP contribution >= 0.6 is 0 Å². The number of anilines is 2. The van der Waals surface area contributed by atoms with E-state index in [1.165, 1.54) is 12.1 Å². The van der Waals surface area contributed by atoms with Gasteiger partial charge in [0.05, 0.1) is 46.5 Å². The van der Waals surface area contributed by atoms with Crippen LogP contribution < -0.4 is 10.6 Å². The van der Waals surface area contributed by atoms with Crippen LogP contribution in [0.3, 0.4) is 0 Å². The number of H-pyrrole nitrogens is 2. The molecule has 1 amide bonds. The summed E-state index contributed by atoms with van der Waals surface area (Å²) in [6.45, 7) is 1.50. The predicted octanol–water partition coefficient (Wildman–Crippen LogP) is 5.09. The topological polar surface area (TPSA) is 140 Å². The van der Waals surface area contributed by atoms with Crippen molar-refractivity contribution in [3.05, 3.63) is 67.1 Å². The maximum absolute atomic E-state index is 14.7. The van der Waals surface area contributed by atoms with E-state index < -0.39 is 0 Å². The Morgan fingerprint density at radius 2 is 1.81 bits per heavy atom. The predicted molar refractivity (Wildman–Crippen MR) is 164 cm³/mol. The van der Waals surface area contributed by atoms with Crippen molar-refractivity contribution in [2.75, 3.05) is 37.8 Å². The molecule has 1 aliphatic carbocycles.